The zero-order valence-electron chi connectivity index (χ0n) is 9.55. The molecule has 1 unspecified atom stereocenters. The average Bonchev–Trinajstić information content (AvgIpc) is 2.37. The molecule has 0 aromatic heterocycles. The molecule has 0 radical (unpaired) electrons. The molecule has 0 spiro atoms. The van der Waals surface area contributed by atoms with Gasteiger partial charge >= 0.3 is 5.97 Å². The molecule has 0 fully saturated rings. The quantitative estimate of drug-likeness (QED) is 0.724. The van der Waals surface area contributed by atoms with Gasteiger partial charge in [0.15, 0.2) is 6.04 Å². The molecule has 2 N–H and O–H groups in total. The summed E-state index contributed by atoms with van der Waals surface area (Å²) in [4.78, 5) is 23.0. The summed E-state index contributed by atoms with van der Waals surface area (Å²) in [6.45, 7) is 1.37. The van der Waals surface area contributed by atoms with Crippen LogP contribution in [0.25, 0.3) is 0 Å². The minimum Gasteiger partial charge on any atom is -0.464 e. The van der Waals surface area contributed by atoms with Crippen LogP contribution < -0.4 is 5.32 Å². The van der Waals surface area contributed by atoms with Crippen LogP contribution in [0.4, 0.5) is 0 Å². The summed E-state index contributed by atoms with van der Waals surface area (Å²) < 4.78 is 4.72. The molecule has 0 bridgehead atoms. The monoisotopic (exact) mass is 237 g/mol. The topological polar surface area (TPSA) is 75.6 Å². The molecule has 5 nitrogen and oxygen atoms in total. The molecule has 1 atom stereocenters. The Kier molecular flexibility index (Phi) is 5.16. The minimum absolute atomic E-state index is 0.205. The number of ether oxygens (including phenoxy) is 1. The fraction of sp³-hybridized carbons (Fsp3) is 0.333. The second kappa shape index (κ2) is 6.65. The van der Waals surface area contributed by atoms with Crippen molar-refractivity contribution in [3.63, 3.8) is 0 Å². The lowest BCUT2D eigenvalue weighted by atomic mass is 10.2. The van der Waals surface area contributed by atoms with Crippen LogP contribution >= 0.6 is 0 Å². The maximum absolute atomic E-state index is 11.7. The molecule has 1 aromatic rings. The zero-order chi connectivity index (χ0) is 12.7. The number of nitrogens with one attached hydrogen (secondary N) is 1. The van der Waals surface area contributed by atoms with E-state index in [1.165, 1.54) is 0 Å². The van der Waals surface area contributed by atoms with E-state index in [9.17, 15) is 9.59 Å². The fourth-order valence-electron chi connectivity index (χ4n) is 1.25. The Balaban J connectivity index is 2.63. The van der Waals surface area contributed by atoms with Gasteiger partial charge in [0.25, 0.3) is 5.91 Å². The van der Waals surface area contributed by atoms with Gasteiger partial charge in [0.1, 0.15) is 0 Å². The first-order valence-electron chi connectivity index (χ1n) is 5.32. The molecule has 5 heteroatoms. The van der Waals surface area contributed by atoms with Crippen molar-refractivity contribution in [2.75, 3.05) is 13.2 Å². The Hall–Kier alpha value is -1.88. The van der Waals surface area contributed by atoms with E-state index >= 15 is 0 Å². The number of esters is 1. The molecule has 0 aliphatic heterocycles. The van der Waals surface area contributed by atoms with Crippen LogP contribution in [-0.4, -0.2) is 36.2 Å². The third kappa shape index (κ3) is 3.88. The van der Waals surface area contributed by atoms with Crippen LogP contribution in [0.2, 0.25) is 0 Å². The third-order valence-electron chi connectivity index (χ3n) is 2.09. The highest BCUT2D eigenvalue weighted by Crippen LogP contribution is 1.99. The van der Waals surface area contributed by atoms with E-state index in [1.54, 1.807) is 37.3 Å². The second-order valence-electron chi connectivity index (χ2n) is 3.33. The number of carbonyl (C=O) groups is 2. The maximum atomic E-state index is 11.7. The van der Waals surface area contributed by atoms with Gasteiger partial charge in [0, 0.05) is 5.56 Å². The van der Waals surface area contributed by atoms with Crippen molar-refractivity contribution in [1.29, 1.82) is 0 Å². The fourth-order valence-corrected chi connectivity index (χ4v) is 1.25. The third-order valence-corrected chi connectivity index (χ3v) is 2.09. The van der Waals surface area contributed by atoms with Crippen LogP contribution in [-0.2, 0) is 9.53 Å². The predicted molar refractivity (Wildman–Crippen MR) is 61.4 cm³/mol. The highest BCUT2D eigenvalue weighted by Gasteiger charge is 2.21. The minimum atomic E-state index is -1.03. The van der Waals surface area contributed by atoms with Crippen molar-refractivity contribution in [2.24, 2.45) is 0 Å². The molecule has 0 saturated carbocycles. The van der Waals surface area contributed by atoms with E-state index in [0.717, 1.165) is 0 Å². The summed E-state index contributed by atoms with van der Waals surface area (Å²) in [7, 11) is 0. The summed E-state index contributed by atoms with van der Waals surface area (Å²) in [6, 6.07) is 7.43. The van der Waals surface area contributed by atoms with Crippen molar-refractivity contribution < 1.29 is 19.4 Å². The van der Waals surface area contributed by atoms with E-state index in [4.69, 9.17) is 9.84 Å². The number of hydrogen-bond donors (Lipinski definition) is 2. The average molecular weight is 237 g/mol. The van der Waals surface area contributed by atoms with Crippen LogP contribution in [0.3, 0.4) is 0 Å². The molecule has 0 heterocycles. The lowest BCUT2D eigenvalue weighted by Crippen LogP contribution is -2.44. The van der Waals surface area contributed by atoms with Gasteiger partial charge in [-0.1, -0.05) is 18.2 Å². The summed E-state index contributed by atoms with van der Waals surface area (Å²) in [6.07, 6.45) is 0. The summed E-state index contributed by atoms with van der Waals surface area (Å²) in [5.74, 6) is -1.06. The molecule has 1 amide bonds. The first kappa shape index (κ1) is 13.2. The molecule has 1 aromatic carbocycles. The molecular weight excluding hydrogens is 222 g/mol. The van der Waals surface area contributed by atoms with E-state index < -0.39 is 24.5 Å². The number of hydrogen-bond acceptors (Lipinski definition) is 4. The van der Waals surface area contributed by atoms with Gasteiger partial charge in [-0.2, -0.15) is 0 Å². The Morgan fingerprint density at radius 3 is 2.53 bits per heavy atom. The first-order chi connectivity index (χ1) is 8.19. The molecule has 92 valence electrons. The van der Waals surface area contributed by atoms with Crippen LogP contribution in [0.5, 0.6) is 0 Å². The Labute approximate surface area is 99.4 Å². The SMILES string of the molecule is CCOC(=O)C(CO)NC(=O)c1ccccc1. The van der Waals surface area contributed by atoms with Crippen molar-refractivity contribution in [3.8, 4) is 0 Å². The smallest absolute Gasteiger partial charge is 0.331 e. The van der Waals surface area contributed by atoms with Crippen LogP contribution in [0.15, 0.2) is 30.3 Å². The highest BCUT2D eigenvalue weighted by molar-refractivity contribution is 5.96. The predicted octanol–water partition coefficient (Wildman–Crippen LogP) is 0.340. The van der Waals surface area contributed by atoms with Gasteiger partial charge in [0.2, 0.25) is 0 Å². The lowest BCUT2D eigenvalue weighted by Gasteiger charge is -2.14. The van der Waals surface area contributed by atoms with Gasteiger partial charge in [-0.3, -0.25) is 4.79 Å². The molecule has 17 heavy (non-hydrogen) atoms. The van der Waals surface area contributed by atoms with E-state index in [1.807, 2.05) is 0 Å². The van der Waals surface area contributed by atoms with Crippen molar-refractivity contribution in [1.82, 2.24) is 5.32 Å². The Morgan fingerprint density at radius 1 is 1.35 bits per heavy atom. The highest BCUT2D eigenvalue weighted by atomic mass is 16.5. The molecule has 0 aliphatic carbocycles. The van der Waals surface area contributed by atoms with Gasteiger partial charge in [0.05, 0.1) is 13.2 Å². The summed E-state index contributed by atoms with van der Waals surface area (Å²) >= 11 is 0. The first-order valence-corrected chi connectivity index (χ1v) is 5.32. The number of aliphatic hydroxyl groups is 1. The molecular formula is C12H15NO4. The number of carbonyl (C=O) groups excluding carboxylic acids is 2. The van der Waals surface area contributed by atoms with Crippen molar-refractivity contribution >= 4 is 11.9 Å². The van der Waals surface area contributed by atoms with Crippen LogP contribution in [0, 0.1) is 0 Å². The maximum Gasteiger partial charge on any atom is 0.331 e. The lowest BCUT2D eigenvalue weighted by molar-refractivity contribution is -0.146. The normalized spacial score (nSPS) is 11.6. The van der Waals surface area contributed by atoms with Gasteiger partial charge in [-0.15, -0.1) is 0 Å². The van der Waals surface area contributed by atoms with E-state index in [-0.39, 0.29) is 6.61 Å². The van der Waals surface area contributed by atoms with Crippen molar-refractivity contribution in [2.45, 2.75) is 13.0 Å². The van der Waals surface area contributed by atoms with Crippen LogP contribution in [0.1, 0.15) is 17.3 Å². The Morgan fingerprint density at radius 2 is 2.00 bits per heavy atom. The van der Waals surface area contributed by atoms with Gasteiger partial charge in [-0.25, -0.2) is 4.79 Å². The zero-order valence-corrected chi connectivity index (χ0v) is 9.55. The Bertz CT molecular complexity index is 377. The van der Waals surface area contributed by atoms with Gasteiger partial charge in [-0.05, 0) is 19.1 Å². The second-order valence-corrected chi connectivity index (χ2v) is 3.33. The summed E-state index contributed by atoms with van der Waals surface area (Å²) in [5, 5.41) is 11.4. The molecule has 1 rings (SSSR count). The largest absolute Gasteiger partial charge is 0.464 e. The number of rotatable bonds is 5. The number of aliphatic hydroxyl groups excluding tert-OH is 1. The summed E-state index contributed by atoms with van der Waals surface area (Å²) in [5.41, 5.74) is 0.426. The van der Waals surface area contributed by atoms with E-state index in [0.29, 0.717) is 5.56 Å². The molecule has 0 saturated heterocycles. The molecule has 0 aliphatic rings. The standard InChI is InChI=1S/C12H15NO4/c1-2-17-12(16)10(8-14)13-11(15)9-6-4-3-5-7-9/h3-7,10,14H,2,8H2,1H3,(H,13,15). The van der Waals surface area contributed by atoms with Crippen molar-refractivity contribution in [3.05, 3.63) is 35.9 Å². The van der Waals surface area contributed by atoms with E-state index in [2.05, 4.69) is 5.32 Å². The van der Waals surface area contributed by atoms with Gasteiger partial charge < -0.3 is 15.2 Å². The number of amides is 1. The number of benzene rings is 1.